The molecule has 2 aromatic rings. The maximum Gasteiger partial charge on any atom is 0.338 e. The van der Waals surface area contributed by atoms with Crippen molar-refractivity contribution in [3.05, 3.63) is 81.0 Å². The minimum atomic E-state index is -0.695. The summed E-state index contributed by atoms with van der Waals surface area (Å²) in [6.07, 6.45) is 0. The second-order valence-electron chi connectivity index (χ2n) is 7.54. The second-order valence-corrected chi connectivity index (χ2v) is 8.35. The Hall–Kier alpha value is -2.54. The number of carbonyl (C=O) groups excluding carboxylic acids is 2. The number of halogens is 2. The van der Waals surface area contributed by atoms with Gasteiger partial charge >= 0.3 is 12.0 Å². The minimum absolute atomic E-state index is 0.226. The Bertz CT molecular complexity index is 1010. The molecule has 0 aromatic heterocycles. The fourth-order valence-electron chi connectivity index (χ4n) is 3.81. The summed E-state index contributed by atoms with van der Waals surface area (Å²) in [7, 11) is 1.96. The number of nitrogens with one attached hydrogen (secondary N) is 1. The Balaban J connectivity index is 2.06. The summed E-state index contributed by atoms with van der Waals surface area (Å²) in [6, 6.07) is 14.1. The summed E-state index contributed by atoms with van der Waals surface area (Å²) in [5.74, 6) is -0.467. The van der Waals surface area contributed by atoms with E-state index in [1.165, 1.54) is 0 Å². The average Bonchev–Trinajstić information content (AvgIpc) is 2.76. The first-order valence-electron chi connectivity index (χ1n) is 10.5. The van der Waals surface area contributed by atoms with E-state index in [9.17, 15) is 9.59 Å². The van der Waals surface area contributed by atoms with Crippen LogP contribution in [-0.4, -0.2) is 48.5 Å². The van der Waals surface area contributed by atoms with Crippen molar-refractivity contribution < 1.29 is 14.3 Å². The zero-order valence-corrected chi connectivity index (χ0v) is 19.9. The second kappa shape index (κ2) is 10.9. The molecule has 0 aliphatic carbocycles. The number of hydrogen-bond donors (Lipinski definition) is 1. The summed E-state index contributed by atoms with van der Waals surface area (Å²) in [4.78, 5) is 29.8. The van der Waals surface area contributed by atoms with E-state index >= 15 is 0 Å². The molecule has 1 aliphatic heterocycles. The van der Waals surface area contributed by atoms with E-state index in [0.717, 1.165) is 5.56 Å². The van der Waals surface area contributed by atoms with Crippen LogP contribution in [0.4, 0.5) is 4.79 Å². The molecular formula is C24H27Cl2N3O3. The van der Waals surface area contributed by atoms with Crippen molar-refractivity contribution in [1.82, 2.24) is 15.1 Å². The lowest BCUT2D eigenvalue weighted by molar-refractivity contribution is -0.139. The Morgan fingerprint density at radius 2 is 1.81 bits per heavy atom. The van der Waals surface area contributed by atoms with Gasteiger partial charge in [-0.1, -0.05) is 59.6 Å². The number of carbonyl (C=O) groups is 2. The predicted molar refractivity (Wildman–Crippen MR) is 127 cm³/mol. The first-order chi connectivity index (χ1) is 15.3. The number of urea groups is 1. The molecule has 1 atom stereocenters. The quantitative estimate of drug-likeness (QED) is 0.543. The molecule has 0 saturated carbocycles. The molecular weight excluding hydrogens is 449 g/mol. The first-order valence-corrected chi connectivity index (χ1v) is 11.3. The van der Waals surface area contributed by atoms with E-state index in [2.05, 4.69) is 10.2 Å². The van der Waals surface area contributed by atoms with Gasteiger partial charge in [-0.3, -0.25) is 9.80 Å². The number of rotatable bonds is 8. The van der Waals surface area contributed by atoms with Crippen molar-refractivity contribution in [2.45, 2.75) is 26.4 Å². The lowest BCUT2D eigenvalue weighted by Gasteiger charge is -2.37. The molecule has 2 amide bonds. The van der Waals surface area contributed by atoms with Crippen molar-refractivity contribution in [1.29, 1.82) is 0 Å². The van der Waals surface area contributed by atoms with Crippen LogP contribution in [0, 0.1) is 0 Å². The highest BCUT2D eigenvalue weighted by atomic mass is 35.5. The van der Waals surface area contributed by atoms with Crippen LogP contribution in [0.15, 0.2) is 59.8 Å². The summed E-state index contributed by atoms with van der Waals surface area (Å²) < 4.78 is 5.39. The topological polar surface area (TPSA) is 61.9 Å². The predicted octanol–water partition coefficient (Wildman–Crippen LogP) is 5.03. The molecule has 8 heteroatoms. The van der Waals surface area contributed by atoms with Gasteiger partial charge in [-0.25, -0.2) is 9.59 Å². The molecule has 170 valence electrons. The van der Waals surface area contributed by atoms with Crippen LogP contribution in [0.1, 0.15) is 31.0 Å². The van der Waals surface area contributed by atoms with Gasteiger partial charge < -0.3 is 10.1 Å². The van der Waals surface area contributed by atoms with Gasteiger partial charge in [-0.05, 0) is 44.2 Å². The monoisotopic (exact) mass is 475 g/mol. The van der Waals surface area contributed by atoms with Gasteiger partial charge in [0.25, 0.3) is 0 Å². The number of hydrogen-bond acceptors (Lipinski definition) is 4. The van der Waals surface area contributed by atoms with Crippen LogP contribution < -0.4 is 5.32 Å². The zero-order valence-electron chi connectivity index (χ0n) is 18.4. The third kappa shape index (κ3) is 5.44. The van der Waals surface area contributed by atoms with Gasteiger partial charge in [0.1, 0.15) is 0 Å². The maximum atomic E-state index is 13.1. The van der Waals surface area contributed by atoms with E-state index in [-0.39, 0.29) is 12.6 Å². The number of esters is 1. The molecule has 1 heterocycles. The molecule has 0 fully saturated rings. The van der Waals surface area contributed by atoms with Crippen LogP contribution in [-0.2, 0) is 16.1 Å². The summed E-state index contributed by atoms with van der Waals surface area (Å²) in [6.45, 7) is 5.33. The molecule has 0 radical (unpaired) electrons. The number of benzene rings is 2. The maximum absolute atomic E-state index is 13.1. The largest absolute Gasteiger partial charge is 0.463 e. The fraction of sp³-hybridized carbons (Fsp3) is 0.333. The van der Waals surface area contributed by atoms with Gasteiger partial charge in [0.05, 0.1) is 28.3 Å². The smallest absolute Gasteiger partial charge is 0.338 e. The van der Waals surface area contributed by atoms with Gasteiger partial charge in [-0.2, -0.15) is 0 Å². The number of likely N-dealkylation sites (N-methyl/N-ethyl adjacent to an activating group) is 2. The third-order valence-electron chi connectivity index (χ3n) is 5.24. The molecule has 6 nitrogen and oxygen atoms in total. The molecule has 32 heavy (non-hydrogen) atoms. The summed E-state index contributed by atoms with van der Waals surface area (Å²) in [5.41, 5.74) is 2.81. The Morgan fingerprint density at radius 3 is 2.44 bits per heavy atom. The normalized spacial score (nSPS) is 16.4. The van der Waals surface area contributed by atoms with Crippen LogP contribution >= 0.6 is 23.2 Å². The van der Waals surface area contributed by atoms with Crippen LogP contribution in [0.5, 0.6) is 0 Å². The van der Waals surface area contributed by atoms with Gasteiger partial charge in [0, 0.05) is 25.3 Å². The number of nitrogens with zero attached hydrogens (tertiary/aromatic N) is 2. The van der Waals surface area contributed by atoms with E-state index in [1.54, 1.807) is 30.0 Å². The molecule has 0 bridgehead atoms. The standard InChI is InChI=1S/C24H27Cl2N3O3/c1-4-29-20(15-28(3)14-16-9-7-6-8-10-16)21(23(30)32-5-2)22(27-24(29)31)17-11-12-18(25)19(26)13-17/h6-13,22H,4-5,14-15H2,1-3H3,(H,27,31). The van der Waals surface area contributed by atoms with Crippen LogP contribution in [0.25, 0.3) is 0 Å². The highest BCUT2D eigenvalue weighted by Gasteiger charge is 2.38. The van der Waals surface area contributed by atoms with Crippen molar-refractivity contribution in [3.8, 4) is 0 Å². The first kappa shape index (κ1) is 24.1. The van der Waals surface area contributed by atoms with Gasteiger partial charge in [-0.15, -0.1) is 0 Å². The van der Waals surface area contributed by atoms with Crippen molar-refractivity contribution in [3.63, 3.8) is 0 Å². The lowest BCUT2D eigenvalue weighted by atomic mass is 9.94. The molecule has 3 rings (SSSR count). The minimum Gasteiger partial charge on any atom is -0.463 e. The Kier molecular flexibility index (Phi) is 8.18. The van der Waals surface area contributed by atoms with Crippen molar-refractivity contribution in [2.75, 3.05) is 26.7 Å². The SMILES string of the molecule is CCOC(=O)C1=C(CN(C)Cc2ccccc2)N(CC)C(=O)NC1c1ccc(Cl)c(Cl)c1. The van der Waals surface area contributed by atoms with Crippen molar-refractivity contribution >= 4 is 35.2 Å². The average molecular weight is 476 g/mol. The van der Waals surface area contributed by atoms with Crippen molar-refractivity contribution in [2.24, 2.45) is 0 Å². The van der Waals surface area contributed by atoms with Crippen LogP contribution in [0.3, 0.4) is 0 Å². The van der Waals surface area contributed by atoms with E-state index in [0.29, 0.717) is 46.5 Å². The van der Waals surface area contributed by atoms with E-state index in [1.807, 2.05) is 44.3 Å². The molecule has 0 saturated heterocycles. The molecule has 2 aromatic carbocycles. The summed E-state index contributed by atoms with van der Waals surface area (Å²) in [5, 5.41) is 3.68. The lowest BCUT2D eigenvalue weighted by Crippen LogP contribution is -2.50. The number of ether oxygens (including phenoxy) is 1. The third-order valence-corrected chi connectivity index (χ3v) is 5.98. The van der Waals surface area contributed by atoms with E-state index < -0.39 is 12.0 Å². The fourth-order valence-corrected chi connectivity index (χ4v) is 4.11. The Labute approximate surface area is 198 Å². The number of amides is 2. The van der Waals surface area contributed by atoms with E-state index in [4.69, 9.17) is 27.9 Å². The molecule has 1 aliphatic rings. The molecule has 1 N–H and O–H groups in total. The van der Waals surface area contributed by atoms with Gasteiger partial charge in [0.2, 0.25) is 0 Å². The summed E-state index contributed by atoms with van der Waals surface area (Å²) >= 11 is 12.3. The van der Waals surface area contributed by atoms with Gasteiger partial charge in [0.15, 0.2) is 0 Å². The molecule has 1 unspecified atom stereocenters. The zero-order chi connectivity index (χ0) is 23.3. The Morgan fingerprint density at radius 1 is 1.09 bits per heavy atom. The van der Waals surface area contributed by atoms with Crippen LogP contribution in [0.2, 0.25) is 10.0 Å². The highest BCUT2D eigenvalue weighted by Crippen LogP contribution is 2.34. The molecule has 0 spiro atoms. The highest BCUT2D eigenvalue weighted by molar-refractivity contribution is 6.42.